The predicted molar refractivity (Wildman–Crippen MR) is 38.2 cm³/mol. The van der Waals surface area contributed by atoms with E-state index in [1.165, 1.54) is 6.07 Å². The van der Waals surface area contributed by atoms with E-state index in [2.05, 4.69) is 22.2 Å². The molecule has 1 aromatic heterocycles. The van der Waals surface area contributed by atoms with Gasteiger partial charge in [0.1, 0.15) is 4.64 Å². The largest absolute Gasteiger partial charge is 0.390 e. The molecule has 54 valence electrons. The van der Waals surface area contributed by atoms with Crippen LogP contribution in [0.5, 0.6) is 0 Å². The topological polar surface area (TPSA) is 68.9 Å². The van der Waals surface area contributed by atoms with Crippen molar-refractivity contribution in [2.24, 2.45) is 0 Å². The van der Waals surface area contributed by atoms with E-state index in [-0.39, 0.29) is 6.61 Å². The molecule has 3 N–H and O–H groups in total. The number of nitrogens with one attached hydrogen (secondary N) is 2. The monoisotopic (exact) mass is 158 g/mol. The van der Waals surface area contributed by atoms with Gasteiger partial charge in [0, 0.05) is 5.69 Å². The maximum atomic E-state index is 10.6. The van der Waals surface area contributed by atoms with Crippen molar-refractivity contribution >= 4 is 12.2 Å². The van der Waals surface area contributed by atoms with Crippen molar-refractivity contribution < 1.29 is 5.11 Å². The highest BCUT2D eigenvalue weighted by atomic mass is 32.1. The highest BCUT2D eigenvalue weighted by Crippen LogP contribution is 1.88. The second kappa shape index (κ2) is 2.76. The first kappa shape index (κ1) is 7.17. The molecule has 0 unspecified atom stereocenters. The molecule has 0 radical (unpaired) electrons. The number of aromatic nitrogens is 2. The van der Waals surface area contributed by atoms with Gasteiger partial charge < -0.3 is 10.1 Å². The molecule has 0 fully saturated rings. The number of rotatable bonds is 1. The van der Waals surface area contributed by atoms with Crippen LogP contribution in [0.15, 0.2) is 10.9 Å². The smallest absolute Gasteiger partial charge is 0.324 e. The standard InChI is InChI=1S/C5H6N2O2S/c8-2-3-1-4(10)7-5(9)6-3/h1,8H,2H2,(H2,6,7,9,10). The minimum Gasteiger partial charge on any atom is -0.390 e. The molecule has 10 heavy (non-hydrogen) atoms. The molecule has 4 nitrogen and oxygen atoms in total. The van der Waals surface area contributed by atoms with Crippen molar-refractivity contribution in [1.29, 1.82) is 0 Å². The van der Waals surface area contributed by atoms with Gasteiger partial charge in [0.25, 0.3) is 0 Å². The van der Waals surface area contributed by atoms with Gasteiger partial charge in [0.2, 0.25) is 0 Å². The number of hydrogen-bond acceptors (Lipinski definition) is 3. The Labute approximate surface area is 61.6 Å². The van der Waals surface area contributed by atoms with Gasteiger partial charge in [-0.05, 0) is 6.07 Å². The lowest BCUT2D eigenvalue weighted by molar-refractivity contribution is 0.276. The summed E-state index contributed by atoms with van der Waals surface area (Å²) in [6.45, 7) is -0.201. The second-order valence-corrected chi connectivity index (χ2v) is 2.21. The molecule has 0 aliphatic rings. The number of aromatic amines is 2. The third-order valence-electron chi connectivity index (χ3n) is 0.986. The number of H-pyrrole nitrogens is 2. The Morgan fingerprint density at radius 3 is 2.80 bits per heavy atom. The first-order chi connectivity index (χ1) is 4.72. The molecular formula is C5H6N2O2S. The van der Waals surface area contributed by atoms with Crippen LogP contribution in [0.3, 0.4) is 0 Å². The van der Waals surface area contributed by atoms with E-state index in [1.807, 2.05) is 0 Å². The minimum absolute atomic E-state index is 0.201. The van der Waals surface area contributed by atoms with Crippen LogP contribution in [0.2, 0.25) is 0 Å². The van der Waals surface area contributed by atoms with Gasteiger partial charge in [-0.3, -0.25) is 4.98 Å². The molecule has 0 atom stereocenters. The summed E-state index contributed by atoms with van der Waals surface area (Å²) in [6, 6.07) is 1.50. The van der Waals surface area contributed by atoms with Crippen molar-refractivity contribution in [3.05, 3.63) is 26.9 Å². The fraction of sp³-hybridized carbons (Fsp3) is 0.200. The number of aliphatic hydroxyl groups is 1. The fourth-order valence-electron chi connectivity index (χ4n) is 0.605. The Balaban J connectivity index is 3.33. The predicted octanol–water partition coefficient (Wildman–Crippen LogP) is -0.0752. The van der Waals surface area contributed by atoms with Gasteiger partial charge in [-0.2, -0.15) is 0 Å². The molecule has 0 amide bonds. The molecular weight excluding hydrogens is 152 g/mol. The zero-order valence-electron chi connectivity index (χ0n) is 5.05. The number of hydrogen-bond donors (Lipinski definition) is 3. The van der Waals surface area contributed by atoms with E-state index in [1.54, 1.807) is 0 Å². The molecule has 0 spiro atoms. The molecule has 5 heteroatoms. The van der Waals surface area contributed by atoms with Crippen LogP contribution in [-0.2, 0) is 6.61 Å². The van der Waals surface area contributed by atoms with Crippen molar-refractivity contribution in [1.82, 2.24) is 9.97 Å². The zero-order valence-corrected chi connectivity index (χ0v) is 5.86. The van der Waals surface area contributed by atoms with Crippen molar-refractivity contribution in [3.8, 4) is 0 Å². The van der Waals surface area contributed by atoms with Gasteiger partial charge in [-0.15, -0.1) is 0 Å². The first-order valence-electron chi connectivity index (χ1n) is 2.66. The summed E-state index contributed by atoms with van der Waals surface area (Å²) in [5, 5.41) is 8.56. The average molecular weight is 158 g/mol. The Morgan fingerprint density at radius 2 is 2.30 bits per heavy atom. The third-order valence-corrected chi connectivity index (χ3v) is 1.21. The molecule has 0 aliphatic carbocycles. The lowest BCUT2D eigenvalue weighted by Gasteiger charge is -1.91. The van der Waals surface area contributed by atoms with E-state index in [0.717, 1.165) is 0 Å². The van der Waals surface area contributed by atoms with Gasteiger partial charge in [0.15, 0.2) is 0 Å². The molecule has 1 heterocycles. The first-order valence-corrected chi connectivity index (χ1v) is 3.06. The SMILES string of the molecule is O=c1[nH]c(CO)cc(=S)[nH]1. The third kappa shape index (κ3) is 1.52. The molecule has 1 rings (SSSR count). The van der Waals surface area contributed by atoms with Crippen LogP contribution < -0.4 is 5.69 Å². The Bertz CT molecular complexity index is 299. The second-order valence-electron chi connectivity index (χ2n) is 1.77. The molecule has 0 bridgehead atoms. The molecule has 0 saturated carbocycles. The maximum absolute atomic E-state index is 10.6. The highest BCUT2D eigenvalue weighted by Gasteiger charge is 1.89. The normalized spacial score (nSPS) is 9.70. The van der Waals surface area contributed by atoms with Gasteiger partial charge >= 0.3 is 5.69 Å². The molecule has 1 aromatic rings. The Kier molecular flexibility index (Phi) is 1.98. The van der Waals surface area contributed by atoms with Gasteiger partial charge in [-0.1, -0.05) is 12.2 Å². The molecule has 0 aliphatic heterocycles. The lowest BCUT2D eigenvalue weighted by atomic mass is 10.4. The van der Waals surface area contributed by atoms with Crippen LogP contribution in [0.25, 0.3) is 0 Å². The van der Waals surface area contributed by atoms with Crippen LogP contribution in [0.1, 0.15) is 5.69 Å². The van der Waals surface area contributed by atoms with Crippen molar-refractivity contribution in [3.63, 3.8) is 0 Å². The average Bonchev–Trinajstić information content (AvgIpc) is 1.85. The van der Waals surface area contributed by atoms with E-state index < -0.39 is 5.69 Å². The molecule has 0 saturated heterocycles. The summed E-state index contributed by atoms with van der Waals surface area (Å²) in [7, 11) is 0. The highest BCUT2D eigenvalue weighted by molar-refractivity contribution is 7.71. The summed E-state index contributed by atoms with van der Waals surface area (Å²) in [5.41, 5.74) is 0.0327. The summed E-state index contributed by atoms with van der Waals surface area (Å²) in [5.74, 6) is 0. The maximum Gasteiger partial charge on any atom is 0.324 e. The Morgan fingerprint density at radius 1 is 1.60 bits per heavy atom. The van der Waals surface area contributed by atoms with Crippen molar-refractivity contribution in [2.45, 2.75) is 6.61 Å². The molecule has 0 aromatic carbocycles. The van der Waals surface area contributed by atoms with E-state index in [9.17, 15) is 4.79 Å². The van der Waals surface area contributed by atoms with Crippen LogP contribution in [-0.4, -0.2) is 15.1 Å². The summed E-state index contributed by atoms with van der Waals surface area (Å²) in [6.07, 6.45) is 0. The zero-order chi connectivity index (χ0) is 7.56. The Hall–Kier alpha value is -0.940. The van der Waals surface area contributed by atoms with Gasteiger partial charge in [0.05, 0.1) is 6.61 Å². The van der Waals surface area contributed by atoms with E-state index in [4.69, 9.17) is 5.11 Å². The summed E-state index contributed by atoms with van der Waals surface area (Å²) >= 11 is 4.67. The van der Waals surface area contributed by atoms with Gasteiger partial charge in [-0.25, -0.2) is 4.79 Å². The van der Waals surface area contributed by atoms with Crippen LogP contribution >= 0.6 is 12.2 Å². The van der Waals surface area contributed by atoms with Crippen LogP contribution in [0.4, 0.5) is 0 Å². The minimum atomic E-state index is -0.392. The van der Waals surface area contributed by atoms with Crippen LogP contribution in [0, 0.1) is 4.64 Å². The fourth-order valence-corrected chi connectivity index (χ4v) is 0.840. The van der Waals surface area contributed by atoms with E-state index >= 15 is 0 Å². The summed E-state index contributed by atoms with van der Waals surface area (Å²) in [4.78, 5) is 15.3. The summed E-state index contributed by atoms with van der Waals surface area (Å²) < 4.78 is 0.327. The van der Waals surface area contributed by atoms with E-state index in [0.29, 0.717) is 10.3 Å². The number of aliphatic hydroxyl groups excluding tert-OH is 1. The lowest BCUT2D eigenvalue weighted by Crippen LogP contribution is -2.12. The van der Waals surface area contributed by atoms with Crippen molar-refractivity contribution in [2.75, 3.05) is 0 Å². The quantitative estimate of drug-likeness (QED) is 0.501.